The van der Waals surface area contributed by atoms with Gasteiger partial charge in [0.25, 0.3) is 0 Å². The first-order chi connectivity index (χ1) is 7.80. The number of rotatable bonds is 3. The smallest absolute Gasteiger partial charge is 0.303 e. The summed E-state index contributed by atoms with van der Waals surface area (Å²) in [5.74, 6) is -0.974. The predicted octanol–water partition coefficient (Wildman–Crippen LogP) is 2.06. The first-order valence-electron chi connectivity index (χ1n) is 6.00. The van der Waals surface area contributed by atoms with Gasteiger partial charge >= 0.3 is 5.97 Å². The van der Waals surface area contributed by atoms with Crippen molar-refractivity contribution in [2.75, 3.05) is 13.1 Å². The van der Waals surface area contributed by atoms with Gasteiger partial charge < -0.3 is 10.0 Å². The molecule has 1 aliphatic heterocycles. The highest BCUT2D eigenvalue weighted by Gasteiger charge is 2.23. The topological polar surface area (TPSA) is 57.6 Å². The summed E-state index contributed by atoms with van der Waals surface area (Å²) < 4.78 is 0. The van der Waals surface area contributed by atoms with Crippen molar-refractivity contribution in [2.45, 2.75) is 40.0 Å². The molecule has 0 radical (unpaired) electrons. The van der Waals surface area contributed by atoms with Crippen LogP contribution in [0.25, 0.3) is 0 Å². The number of carbonyl (C=O) groups excluding carboxylic acids is 1. The van der Waals surface area contributed by atoms with Gasteiger partial charge in [-0.05, 0) is 11.8 Å². The maximum atomic E-state index is 11.7. The molecule has 96 valence electrons. The molecule has 0 fully saturated rings. The molecule has 4 nitrogen and oxygen atoms in total. The van der Waals surface area contributed by atoms with E-state index in [0.717, 1.165) is 6.42 Å². The number of nitrogens with zero attached hydrogens (tertiary/aromatic N) is 1. The van der Waals surface area contributed by atoms with Crippen molar-refractivity contribution in [3.63, 3.8) is 0 Å². The highest BCUT2D eigenvalue weighted by molar-refractivity contribution is 5.81. The highest BCUT2D eigenvalue weighted by atomic mass is 16.4. The lowest BCUT2D eigenvalue weighted by atomic mass is 9.83. The third kappa shape index (κ3) is 4.21. The summed E-state index contributed by atoms with van der Waals surface area (Å²) in [6.45, 7) is 7.83. The minimum atomic E-state index is -0.915. The van der Waals surface area contributed by atoms with Crippen LogP contribution < -0.4 is 0 Å². The lowest BCUT2D eigenvalue weighted by Crippen LogP contribution is -2.36. The monoisotopic (exact) mass is 239 g/mol. The normalized spacial score (nSPS) is 16.6. The van der Waals surface area contributed by atoms with Crippen LogP contribution in [0.5, 0.6) is 0 Å². The molecule has 1 heterocycles. The Morgan fingerprint density at radius 1 is 1.35 bits per heavy atom. The largest absolute Gasteiger partial charge is 0.481 e. The fourth-order valence-electron chi connectivity index (χ4n) is 1.95. The van der Waals surface area contributed by atoms with Gasteiger partial charge in [-0.15, -0.1) is 0 Å². The molecule has 0 saturated carbocycles. The van der Waals surface area contributed by atoms with Crippen LogP contribution in [0.3, 0.4) is 0 Å². The van der Waals surface area contributed by atoms with E-state index in [-0.39, 0.29) is 24.2 Å². The van der Waals surface area contributed by atoms with Gasteiger partial charge in [0.05, 0.1) is 6.42 Å². The number of carboxylic acids is 1. The lowest BCUT2D eigenvalue weighted by Gasteiger charge is -2.32. The molecule has 0 aromatic carbocycles. The second kappa shape index (κ2) is 5.34. The van der Waals surface area contributed by atoms with Crippen LogP contribution in [-0.4, -0.2) is 35.0 Å². The van der Waals surface area contributed by atoms with Crippen molar-refractivity contribution < 1.29 is 14.7 Å². The molecule has 1 N–H and O–H groups in total. The fraction of sp³-hybridized carbons (Fsp3) is 0.692. The quantitative estimate of drug-likeness (QED) is 0.767. The van der Waals surface area contributed by atoms with E-state index in [1.165, 1.54) is 5.57 Å². The summed E-state index contributed by atoms with van der Waals surface area (Å²) in [7, 11) is 0. The molecule has 0 aromatic heterocycles. The summed E-state index contributed by atoms with van der Waals surface area (Å²) in [5, 5.41) is 8.53. The Kier molecular flexibility index (Phi) is 4.32. The number of hydrogen-bond acceptors (Lipinski definition) is 2. The molecular formula is C13H21NO3. The Hall–Kier alpha value is -1.32. The van der Waals surface area contributed by atoms with Gasteiger partial charge in [0.2, 0.25) is 5.91 Å². The SMILES string of the molecule is CC(C)(C)C1=CCN(C(=O)CCC(=O)O)CC1. The zero-order chi connectivity index (χ0) is 13.1. The van der Waals surface area contributed by atoms with Crippen molar-refractivity contribution in [1.29, 1.82) is 0 Å². The van der Waals surface area contributed by atoms with E-state index < -0.39 is 5.97 Å². The third-order valence-corrected chi connectivity index (χ3v) is 3.08. The van der Waals surface area contributed by atoms with Crippen LogP contribution in [0.4, 0.5) is 0 Å². The van der Waals surface area contributed by atoms with Gasteiger partial charge in [0.1, 0.15) is 0 Å². The van der Waals surface area contributed by atoms with Crippen LogP contribution in [-0.2, 0) is 9.59 Å². The fourth-order valence-corrected chi connectivity index (χ4v) is 1.95. The van der Waals surface area contributed by atoms with Crippen LogP contribution in [0, 0.1) is 5.41 Å². The number of amides is 1. The Morgan fingerprint density at radius 2 is 2.00 bits per heavy atom. The van der Waals surface area contributed by atoms with E-state index >= 15 is 0 Å². The van der Waals surface area contributed by atoms with Crippen molar-refractivity contribution in [1.82, 2.24) is 4.90 Å². The van der Waals surface area contributed by atoms with E-state index in [0.29, 0.717) is 13.1 Å². The third-order valence-electron chi connectivity index (χ3n) is 3.08. The summed E-state index contributed by atoms with van der Waals surface area (Å²) >= 11 is 0. The molecule has 4 heteroatoms. The van der Waals surface area contributed by atoms with Gasteiger partial charge in [-0.3, -0.25) is 9.59 Å². The lowest BCUT2D eigenvalue weighted by molar-refractivity contribution is -0.140. The summed E-state index contributed by atoms with van der Waals surface area (Å²) in [5.41, 5.74) is 1.54. The van der Waals surface area contributed by atoms with E-state index in [4.69, 9.17) is 5.11 Å². The molecule has 1 rings (SSSR count). The maximum Gasteiger partial charge on any atom is 0.303 e. The number of hydrogen-bond donors (Lipinski definition) is 1. The molecule has 0 aromatic rings. The van der Waals surface area contributed by atoms with Crippen LogP contribution >= 0.6 is 0 Å². The molecule has 0 saturated heterocycles. The Labute approximate surface area is 102 Å². The molecule has 0 spiro atoms. The van der Waals surface area contributed by atoms with Crippen molar-refractivity contribution >= 4 is 11.9 Å². The zero-order valence-corrected chi connectivity index (χ0v) is 10.8. The van der Waals surface area contributed by atoms with Gasteiger partial charge in [-0.1, -0.05) is 32.4 Å². The molecule has 0 aliphatic carbocycles. The summed E-state index contributed by atoms with van der Waals surface area (Å²) in [6.07, 6.45) is 3.02. The molecule has 0 unspecified atom stereocenters. The minimum Gasteiger partial charge on any atom is -0.481 e. The predicted molar refractivity (Wildman–Crippen MR) is 65.6 cm³/mol. The van der Waals surface area contributed by atoms with Gasteiger partial charge in [0, 0.05) is 19.5 Å². The molecule has 1 amide bonds. The minimum absolute atomic E-state index is 0.0587. The van der Waals surface area contributed by atoms with E-state index in [9.17, 15) is 9.59 Å². The van der Waals surface area contributed by atoms with Crippen molar-refractivity contribution in [3.05, 3.63) is 11.6 Å². The highest BCUT2D eigenvalue weighted by Crippen LogP contribution is 2.30. The first-order valence-corrected chi connectivity index (χ1v) is 6.00. The van der Waals surface area contributed by atoms with Gasteiger partial charge in [-0.25, -0.2) is 0 Å². The van der Waals surface area contributed by atoms with Crippen molar-refractivity contribution in [3.8, 4) is 0 Å². The van der Waals surface area contributed by atoms with E-state index in [1.807, 2.05) is 0 Å². The molecule has 1 aliphatic rings. The van der Waals surface area contributed by atoms with Crippen LogP contribution in [0.15, 0.2) is 11.6 Å². The maximum absolute atomic E-state index is 11.7. The summed E-state index contributed by atoms with van der Waals surface area (Å²) in [4.78, 5) is 23.8. The molecular weight excluding hydrogens is 218 g/mol. The van der Waals surface area contributed by atoms with E-state index in [1.54, 1.807) is 4.90 Å². The summed E-state index contributed by atoms with van der Waals surface area (Å²) in [6, 6.07) is 0. The second-order valence-corrected chi connectivity index (χ2v) is 5.46. The van der Waals surface area contributed by atoms with Gasteiger partial charge in [0.15, 0.2) is 0 Å². The van der Waals surface area contributed by atoms with Crippen LogP contribution in [0.1, 0.15) is 40.0 Å². The Morgan fingerprint density at radius 3 is 2.41 bits per heavy atom. The standard InChI is InChI=1S/C13H21NO3/c1-13(2,3)10-6-8-14(9-7-10)11(15)4-5-12(16)17/h6H,4-5,7-9H2,1-3H3,(H,16,17). The molecule has 0 atom stereocenters. The zero-order valence-electron chi connectivity index (χ0n) is 10.8. The number of carbonyl (C=O) groups is 2. The van der Waals surface area contributed by atoms with E-state index in [2.05, 4.69) is 26.8 Å². The first kappa shape index (κ1) is 13.7. The average Bonchev–Trinajstić information content (AvgIpc) is 2.25. The molecule has 0 bridgehead atoms. The van der Waals surface area contributed by atoms with Gasteiger partial charge in [-0.2, -0.15) is 0 Å². The Bertz CT molecular complexity index is 339. The van der Waals surface area contributed by atoms with Crippen molar-refractivity contribution in [2.24, 2.45) is 5.41 Å². The molecule has 17 heavy (non-hydrogen) atoms. The Balaban J connectivity index is 2.49. The second-order valence-electron chi connectivity index (χ2n) is 5.46. The average molecular weight is 239 g/mol. The number of aliphatic carboxylic acids is 1. The number of carboxylic acid groups (broad SMARTS) is 1. The van der Waals surface area contributed by atoms with Crippen LogP contribution in [0.2, 0.25) is 0 Å².